The fourth-order valence-electron chi connectivity index (χ4n) is 2.10. The first kappa shape index (κ1) is 14.7. The number of rotatable bonds is 4. The second-order valence-electron chi connectivity index (χ2n) is 4.92. The standard InChI is InChI=1S/C14H15BrN2O3/c1-8(2)16-12(18)5-6-17-11-4-3-9(15)7-10(11)13(19)14(17)20/h3-4,7-8H,5-6H2,1-2H3,(H,16,18). The van der Waals surface area contributed by atoms with E-state index in [9.17, 15) is 14.4 Å². The molecule has 0 fully saturated rings. The third-order valence-electron chi connectivity index (χ3n) is 2.95. The summed E-state index contributed by atoms with van der Waals surface area (Å²) >= 11 is 3.28. The number of Topliss-reactive ketones (excluding diaryl/α,β-unsaturated/α-hetero) is 1. The Morgan fingerprint density at radius 2 is 2.05 bits per heavy atom. The smallest absolute Gasteiger partial charge is 0.299 e. The molecule has 0 saturated heterocycles. The molecule has 1 heterocycles. The SMILES string of the molecule is CC(C)NC(=O)CCN1C(=O)C(=O)c2cc(Br)ccc21. The Kier molecular flexibility index (Phi) is 4.23. The summed E-state index contributed by atoms with van der Waals surface area (Å²) < 4.78 is 0.747. The van der Waals surface area contributed by atoms with Gasteiger partial charge in [-0.2, -0.15) is 0 Å². The van der Waals surface area contributed by atoms with Crippen molar-refractivity contribution in [2.45, 2.75) is 26.3 Å². The summed E-state index contributed by atoms with van der Waals surface area (Å²) in [5.74, 6) is -1.23. The molecule has 2 rings (SSSR count). The largest absolute Gasteiger partial charge is 0.354 e. The number of halogens is 1. The maximum Gasteiger partial charge on any atom is 0.299 e. The minimum absolute atomic E-state index is 0.0571. The highest BCUT2D eigenvalue weighted by Gasteiger charge is 2.35. The van der Waals surface area contributed by atoms with E-state index in [4.69, 9.17) is 0 Å². The zero-order chi connectivity index (χ0) is 14.9. The topological polar surface area (TPSA) is 66.5 Å². The number of benzene rings is 1. The Bertz CT molecular complexity index is 584. The molecule has 1 N–H and O–H groups in total. The van der Waals surface area contributed by atoms with Crippen LogP contribution in [0.25, 0.3) is 0 Å². The monoisotopic (exact) mass is 338 g/mol. The molecule has 2 amide bonds. The highest BCUT2D eigenvalue weighted by Crippen LogP contribution is 2.31. The van der Waals surface area contributed by atoms with Crippen LogP contribution >= 0.6 is 15.9 Å². The molecule has 6 heteroatoms. The summed E-state index contributed by atoms with van der Waals surface area (Å²) in [7, 11) is 0. The van der Waals surface area contributed by atoms with E-state index in [-0.39, 0.29) is 24.9 Å². The lowest BCUT2D eigenvalue weighted by atomic mass is 10.1. The fourth-order valence-corrected chi connectivity index (χ4v) is 2.46. The Morgan fingerprint density at radius 3 is 2.70 bits per heavy atom. The maximum absolute atomic E-state index is 11.9. The average Bonchev–Trinajstić information content (AvgIpc) is 2.59. The lowest BCUT2D eigenvalue weighted by Gasteiger charge is -2.16. The summed E-state index contributed by atoms with van der Waals surface area (Å²) in [5, 5.41) is 2.76. The molecule has 0 aliphatic carbocycles. The van der Waals surface area contributed by atoms with Gasteiger partial charge in [0, 0.05) is 23.5 Å². The molecule has 0 bridgehead atoms. The normalized spacial score (nSPS) is 13.9. The van der Waals surface area contributed by atoms with E-state index in [1.807, 2.05) is 13.8 Å². The van der Waals surface area contributed by atoms with Crippen molar-refractivity contribution in [3.05, 3.63) is 28.2 Å². The van der Waals surface area contributed by atoms with Gasteiger partial charge in [-0.3, -0.25) is 14.4 Å². The molecule has 0 aromatic heterocycles. The molecule has 1 aliphatic rings. The maximum atomic E-state index is 11.9. The quantitative estimate of drug-likeness (QED) is 0.852. The zero-order valence-corrected chi connectivity index (χ0v) is 12.9. The molecule has 106 valence electrons. The third-order valence-corrected chi connectivity index (χ3v) is 3.44. The lowest BCUT2D eigenvalue weighted by molar-refractivity contribution is -0.121. The van der Waals surface area contributed by atoms with E-state index in [2.05, 4.69) is 21.2 Å². The number of nitrogens with zero attached hydrogens (tertiary/aromatic N) is 1. The van der Waals surface area contributed by atoms with Crippen molar-refractivity contribution in [3.8, 4) is 0 Å². The first-order valence-electron chi connectivity index (χ1n) is 6.35. The highest BCUT2D eigenvalue weighted by molar-refractivity contribution is 9.10. The van der Waals surface area contributed by atoms with Gasteiger partial charge in [-0.1, -0.05) is 15.9 Å². The van der Waals surface area contributed by atoms with E-state index in [1.54, 1.807) is 18.2 Å². The van der Waals surface area contributed by atoms with E-state index in [0.717, 1.165) is 4.47 Å². The van der Waals surface area contributed by atoms with Gasteiger partial charge in [0.1, 0.15) is 0 Å². The molecule has 0 radical (unpaired) electrons. The Morgan fingerprint density at radius 1 is 1.35 bits per heavy atom. The summed E-state index contributed by atoms with van der Waals surface area (Å²) in [4.78, 5) is 36.8. The van der Waals surface area contributed by atoms with Crippen LogP contribution < -0.4 is 10.2 Å². The van der Waals surface area contributed by atoms with Crippen molar-refractivity contribution in [3.63, 3.8) is 0 Å². The first-order chi connectivity index (χ1) is 9.40. The number of amides is 2. The second kappa shape index (κ2) is 5.75. The summed E-state index contributed by atoms with van der Waals surface area (Å²) in [6.45, 7) is 3.95. The zero-order valence-electron chi connectivity index (χ0n) is 11.3. The van der Waals surface area contributed by atoms with Crippen LogP contribution in [0.5, 0.6) is 0 Å². The predicted molar refractivity (Wildman–Crippen MR) is 78.7 cm³/mol. The second-order valence-corrected chi connectivity index (χ2v) is 5.84. The molecule has 0 saturated carbocycles. The van der Waals surface area contributed by atoms with Crippen molar-refractivity contribution in [2.24, 2.45) is 0 Å². The Hall–Kier alpha value is -1.69. The Balaban J connectivity index is 2.12. The van der Waals surface area contributed by atoms with Crippen molar-refractivity contribution >= 4 is 39.2 Å². The van der Waals surface area contributed by atoms with E-state index in [0.29, 0.717) is 11.3 Å². The van der Waals surface area contributed by atoms with E-state index >= 15 is 0 Å². The van der Waals surface area contributed by atoms with Gasteiger partial charge >= 0.3 is 0 Å². The van der Waals surface area contributed by atoms with E-state index in [1.165, 1.54) is 4.90 Å². The molecule has 1 aromatic rings. The molecule has 1 aromatic carbocycles. The van der Waals surface area contributed by atoms with Crippen LogP contribution in [0.2, 0.25) is 0 Å². The number of nitrogens with one attached hydrogen (secondary N) is 1. The van der Waals surface area contributed by atoms with Gasteiger partial charge in [0.2, 0.25) is 5.91 Å². The highest BCUT2D eigenvalue weighted by atomic mass is 79.9. The van der Waals surface area contributed by atoms with Crippen molar-refractivity contribution in [2.75, 3.05) is 11.4 Å². The van der Waals surface area contributed by atoms with Gasteiger partial charge in [-0.05, 0) is 32.0 Å². The number of carbonyl (C=O) groups excluding carboxylic acids is 3. The van der Waals surface area contributed by atoms with Gasteiger partial charge in [-0.25, -0.2) is 0 Å². The number of ketones is 1. The summed E-state index contributed by atoms with van der Waals surface area (Å²) in [6.07, 6.45) is 0.173. The first-order valence-corrected chi connectivity index (χ1v) is 7.14. The Labute approximate surface area is 125 Å². The molecular weight excluding hydrogens is 324 g/mol. The van der Waals surface area contributed by atoms with Crippen LogP contribution in [-0.4, -0.2) is 30.2 Å². The molecule has 1 aliphatic heterocycles. The van der Waals surface area contributed by atoms with Crippen molar-refractivity contribution in [1.29, 1.82) is 0 Å². The van der Waals surface area contributed by atoms with Crippen LogP contribution in [0.15, 0.2) is 22.7 Å². The molecule has 0 unspecified atom stereocenters. The van der Waals surface area contributed by atoms with E-state index < -0.39 is 11.7 Å². The van der Waals surface area contributed by atoms with Gasteiger partial charge < -0.3 is 10.2 Å². The lowest BCUT2D eigenvalue weighted by Crippen LogP contribution is -2.36. The molecule has 0 spiro atoms. The average molecular weight is 339 g/mol. The molecular formula is C14H15BrN2O3. The minimum atomic E-state index is -0.574. The van der Waals surface area contributed by atoms with Crippen LogP contribution in [-0.2, 0) is 9.59 Å². The molecule has 0 atom stereocenters. The minimum Gasteiger partial charge on any atom is -0.354 e. The van der Waals surface area contributed by atoms with Crippen molar-refractivity contribution in [1.82, 2.24) is 5.32 Å². The van der Waals surface area contributed by atoms with Crippen LogP contribution in [0.1, 0.15) is 30.6 Å². The van der Waals surface area contributed by atoms with Crippen LogP contribution in [0.4, 0.5) is 5.69 Å². The van der Waals surface area contributed by atoms with Crippen LogP contribution in [0.3, 0.4) is 0 Å². The molecule has 20 heavy (non-hydrogen) atoms. The number of hydrogen-bond donors (Lipinski definition) is 1. The molecule has 5 nitrogen and oxygen atoms in total. The third kappa shape index (κ3) is 2.90. The van der Waals surface area contributed by atoms with Crippen LogP contribution in [0, 0.1) is 0 Å². The van der Waals surface area contributed by atoms with Gasteiger partial charge in [0.05, 0.1) is 11.3 Å². The number of hydrogen-bond acceptors (Lipinski definition) is 3. The number of fused-ring (bicyclic) bond motifs is 1. The number of carbonyl (C=O) groups is 3. The fraction of sp³-hybridized carbons (Fsp3) is 0.357. The van der Waals surface area contributed by atoms with Crippen molar-refractivity contribution < 1.29 is 14.4 Å². The predicted octanol–water partition coefficient (Wildman–Crippen LogP) is 1.89. The van der Waals surface area contributed by atoms with Gasteiger partial charge in [-0.15, -0.1) is 0 Å². The van der Waals surface area contributed by atoms with Gasteiger partial charge in [0.15, 0.2) is 0 Å². The number of anilines is 1. The summed E-state index contributed by atoms with van der Waals surface area (Å²) in [6, 6.07) is 5.17. The summed E-state index contributed by atoms with van der Waals surface area (Å²) in [5.41, 5.74) is 0.953. The van der Waals surface area contributed by atoms with Gasteiger partial charge in [0.25, 0.3) is 11.7 Å².